The van der Waals surface area contributed by atoms with Crippen LogP contribution in [0.15, 0.2) is 55.1 Å². The number of nitrogens with one attached hydrogen (secondary N) is 1. The van der Waals surface area contributed by atoms with Crippen molar-refractivity contribution in [3.05, 3.63) is 76.8 Å². The predicted octanol–water partition coefficient (Wildman–Crippen LogP) is 2.65. The smallest absolute Gasteiger partial charge is 0.334 e. The Hall–Kier alpha value is -3.77. The molecule has 3 heterocycles. The van der Waals surface area contributed by atoms with Crippen LogP contribution in [0.2, 0.25) is 5.02 Å². The summed E-state index contributed by atoms with van der Waals surface area (Å²) in [6, 6.07) is 12.3. The molecule has 4 atom stereocenters. The number of ether oxygens (including phenoxy) is 2. The number of carbonyl (C=O) groups is 1. The third-order valence-electron chi connectivity index (χ3n) is 6.31. The Kier molecular flexibility index (Phi) is 6.94. The summed E-state index contributed by atoms with van der Waals surface area (Å²) in [5, 5.41) is 23.6. The standard InChI is InChI=1S/C25H25ClN6O5/c1-13-4-2-3-5-14(13)10-36-17-7-6-16(26)8-15(17)9-28-22-19-23(30-11-29-22)32(12-31-19)24-20(33)18(27)21(37-24)25(34)35/h2-8,11-12,18,20-21,24,33H,9-10,27H2,1H3,(H,34,35)(H,28,29,30). The highest BCUT2D eigenvalue weighted by atomic mass is 35.5. The fourth-order valence-corrected chi connectivity index (χ4v) is 4.44. The normalized spacial score (nSPS) is 21.3. The van der Waals surface area contributed by atoms with Gasteiger partial charge in [0, 0.05) is 17.1 Å². The van der Waals surface area contributed by atoms with Crippen LogP contribution in [0.3, 0.4) is 0 Å². The fraction of sp³-hybridized carbons (Fsp3) is 0.280. The van der Waals surface area contributed by atoms with E-state index >= 15 is 0 Å². The number of fused-ring (bicyclic) bond motifs is 1. The van der Waals surface area contributed by atoms with Crippen LogP contribution in [0.1, 0.15) is 22.9 Å². The number of nitrogens with two attached hydrogens (primary N) is 1. The molecule has 4 unspecified atom stereocenters. The Morgan fingerprint density at radius 3 is 2.78 bits per heavy atom. The van der Waals surface area contributed by atoms with Gasteiger partial charge in [0.1, 0.15) is 24.8 Å². The number of anilines is 1. The van der Waals surface area contributed by atoms with Crippen LogP contribution in [-0.2, 0) is 22.7 Å². The zero-order valence-corrected chi connectivity index (χ0v) is 20.5. The Labute approximate surface area is 216 Å². The molecule has 11 nitrogen and oxygen atoms in total. The number of carboxylic acids is 1. The van der Waals surface area contributed by atoms with Crippen molar-refractivity contribution < 1.29 is 24.5 Å². The van der Waals surface area contributed by atoms with Gasteiger partial charge >= 0.3 is 5.97 Å². The van der Waals surface area contributed by atoms with Gasteiger partial charge in [-0.3, -0.25) is 4.57 Å². The lowest BCUT2D eigenvalue weighted by atomic mass is 10.1. The zero-order chi connectivity index (χ0) is 26.1. The summed E-state index contributed by atoms with van der Waals surface area (Å²) in [7, 11) is 0. The maximum absolute atomic E-state index is 11.4. The second kappa shape index (κ2) is 10.3. The van der Waals surface area contributed by atoms with Crippen LogP contribution in [0.25, 0.3) is 11.2 Å². The minimum Gasteiger partial charge on any atom is -0.489 e. The van der Waals surface area contributed by atoms with E-state index in [9.17, 15) is 15.0 Å². The average Bonchev–Trinajstić information content (AvgIpc) is 3.44. The molecular formula is C25H25ClN6O5. The van der Waals surface area contributed by atoms with E-state index in [2.05, 4.69) is 20.3 Å². The van der Waals surface area contributed by atoms with Crippen LogP contribution >= 0.6 is 11.6 Å². The number of halogens is 1. The van der Waals surface area contributed by atoms with E-state index in [1.165, 1.54) is 17.2 Å². The Morgan fingerprint density at radius 1 is 1.22 bits per heavy atom. The highest BCUT2D eigenvalue weighted by Crippen LogP contribution is 2.32. The minimum atomic E-state index is -1.35. The highest BCUT2D eigenvalue weighted by Gasteiger charge is 2.46. The van der Waals surface area contributed by atoms with Crippen LogP contribution in [0.4, 0.5) is 5.82 Å². The summed E-state index contributed by atoms with van der Waals surface area (Å²) in [4.78, 5) is 24.3. The summed E-state index contributed by atoms with van der Waals surface area (Å²) >= 11 is 6.26. The third kappa shape index (κ3) is 4.94. The van der Waals surface area contributed by atoms with Gasteiger partial charge in [-0.05, 0) is 36.2 Å². The van der Waals surface area contributed by atoms with Crippen LogP contribution in [0, 0.1) is 6.92 Å². The van der Waals surface area contributed by atoms with Gasteiger partial charge in [-0.2, -0.15) is 0 Å². The molecule has 0 saturated carbocycles. The van der Waals surface area contributed by atoms with Crippen molar-refractivity contribution in [2.24, 2.45) is 5.73 Å². The molecule has 1 saturated heterocycles. The van der Waals surface area contributed by atoms with E-state index in [0.29, 0.717) is 40.9 Å². The molecule has 12 heteroatoms. The topological polar surface area (TPSA) is 158 Å². The van der Waals surface area contributed by atoms with Gasteiger partial charge in [0.15, 0.2) is 29.3 Å². The van der Waals surface area contributed by atoms with E-state index in [4.69, 9.17) is 26.8 Å². The molecule has 0 bridgehead atoms. The van der Waals surface area contributed by atoms with Gasteiger partial charge in [-0.25, -0.2) is 19.7 Å². The van der Waals surface area contributed by atoms with Gasteiger partial charge in [0.2, 0.25) is 0 Å². The number of carboxylic acid groups (broad SMARTS) is 1. The number of nitrogens with zero attached hydrogens (tertiary/aromatic N) is 4. The molecule has 1 fully saturated rings. The molecule has 1 aliphatic heterocycles. The maximum atomic E-state index is 11.4. The lowest BCUT2D eigenvalue weighted by Crippen LogP contribution is -2.43. The summed E-state index contributed by atoms with van der Waals surface area (Å²) in [5.74, 6) is -0.148. The number of aromatic nitrogens is 4. The number of hydrogen-bond donors (Lipinski definition) is 4. The number of imidazole rings is 1. The first-order valence-electron chi connectivity index (χ1n) is 11.5. The van der Waals surface area contributed by atoms with E-state index in [1.807, 2.05) is 43.3 Å². The largest absolute Gasteiger partial charge is 0.489 e. The van der Waals surface area contributed by atoms with Crippen molar-refractivity contribution in [3.63, 3.8) is 0 Å². The second-order valence-corrected chi connectivity index (χ2v) is 9.16. The molecule has 37 heavy (non-hydrogen) atoms. The second-order valence-electron chi connectivity index (χ2n) is 8.72. The van der Waals surface area contributed by atoms with Crippen molar-refractivity contribution in [2.45, 2.75) is 44.6 Å². The van der Waals surface area contributed by atoms with E-state index < -0.39 is 30.4 Å². The number of aliphatic hydroxyl groups excluding tert-OH is 1. The molecule has 5 N–H and O–H groups in total. The van der Waals surface area contributed by atoms with Crippen LogP contribution < -0.4 is 15.8 Å². The number of hydrogen-bond acceptors (Lipinski definition) is 9. The van der Waals surface area contributed by atoms with Crippen molar-refractivity contribution in [1.82, 2.24) is 19.5 Å². The first kappa shape index (κ1) is 24.9. The molecule has 5 rings (SSSR count). The van der Waals surface area contributed by atoms with Crippen molar-refractivity contribution in [3.8, 4) is 5.75 Å². The number of aliphatic hydroxyl groups is 1. The Bertz CT molecular complexity index is 1450. The van der Waals surface area contributed by atoms with E-state index in [1.54, 1.807) is 6.07 Å². The van der Waals surface area contributed by atoms with Crippen molar-refractivity contribution in [1.29, 1.82) is 0 Å². The van der Waals surface area contributed by atoms with Crippen LogP contribution in [0.5, 0.6) is 5.75 Å². The average molecular weight is 525 g/mol. The molecule has 0 radical (unpaired) electrons. The van der Waals surface area contributed by atoms with Gasteiger partial charge in [0.05, 0.1) is 12.4 Å². The van der Waals surface area contributed by atoms with Gasteiger partial charge in [0.25, 0.3) is 0 Å². The fourth-order valence-electron chi connectivity index (χ4n) is 4.24. The first-order chi connectivity index (χ1) is 17.8. The maximum Gasteiger partial charge on any atom is 0.334 e. The summed E-state index contributed by atoms with van der Waals surface area (Å²) in [6.45, 7) is 2.78. The molecule has 0 spiro atoms. The lowest BCUT2D eigenvalue weighted by Gasteiger charge is -2.17. The number of benzene rings is 2. The van der Waals surface area contributed by atoms with E-state index in [-0.39, 0.29) is 0 Å². The Morgan fingerprint density at radius 2 is 2.03 bits per heavy atom. The molecule has 2 aromatic heterocycles. The molecule has 1 aliphatic rings. The van der Waals surface area contributed by atoms with Crippen molar-refractivity contribution >= 4 is 34.6 Å². The molecular weight excluding hydrogens is 500 g/mol. The minimum absolute atomic E-state index is 0.331. The highest BCUT2D eigenvalue weighted by molar-refractivity contribution is 6.30. The number of rotatable bonds is 8. The van der Waals surface area contributed by atoms with Gasteiger partial charge in [-0.1, -0.05) is 35.9 Å². The summed E-state index contributed by atoms with van der Waals surface area (Å²) < 4.78 is 13.1. The third-order valence-corrected chi connectivity index (χ3v) is 6.55. The number of aryl methyl sites for hydroxylation is 1. The lowest BCUT2D eigenvalue weighted by molar-refractivity contribution is -0.152. The SMILES string of the molecule is Cc1ccccc1COc1ccc(Cl)cc1CNc1ncnc2c1ncn2C1OC(C(=O)O)C(N)C1O. The number of aliphatic carboxylic acids is 1. The van der Waals surface area contributed by atoms with Gasteiger partial charge < -0.3 is 30.7 Å². The quantitative estimate of drug-likeness (QED) is 0.270. The predicted molar refractivity (Wildman–Crippen MR) is 135 cm³/mol. The molecule has 192 valence electrons. The monoisotopic (exact) mass is 524 g/mol. The van der Waals surface area contributed by atoms with Crippen LogP contribution in [-0.4, -0.2) is 54.0 Å². The van der Waals surface area contributed by atoms with Crippen molar-refractivity contribution in [2.75, 3.05) is 5.32 Å². The summed E-state index contributed by atoms with van der Waals surface area (Å²) in [6.07, 6.45) is -0.919. The summed E-state index contributed by atoms with van der Waals surface area (Å²) in [5.41, 5.74) is 9.65. The van der Waals surface area contributed by atoms with E-state index in [0.717, 1.165) is 16.7 Å². The molecule has 0 aliphatic carbocycles. The molecule has 4 aromatic rings. The molecule has 0 amide bonds. The van der Waals surface area contributed by atoms with Gasteiger partial charge in [-0.15, -0.1) is 0 Å². The molecule has 2 aromatic carbocycles. The first-order valence-corrected chi connectivity index (χ1v) is 11.9. The Balaban J connectivity index is 1.36. The zero-order valence-electron chi connectivity index (χ0n) is 19.8.